The molecule has 0 aromatic carbocycles. The number of nitrogens with two attached hydrogens (primary N) is 1. The van der Waals surface area contributed by atoms with Crippen LogP contribution in [0.4, 0.5) is 11.9 Å². The zero-order chi connectivity index (χ0) is 22.8. The molecule has 0 saturated carbocycles. The van der Waals surface area contributed by atoms with E-state index in [1.807, 2.05) is 6.33 Å². The summed E-state index contributed by atoms with van der Waals surface area (Å²) >= 11 is 0. The summed E-state index contributed by atoms with van der Waals surface area (Å²) in [6.45, 7) is 6.87. The average molecular weight is 446 g/mol. The van der Waals surface area contributed by atoms with Crippen LogP contribution in [-0.2, 0) is 4.74 Å². The van der Waals surface area contributed by atoms with Crippen LogP contribution in [-0.4, -0.2) is 86.9 Å². The van der Waals surface area contributed by atoms with Crippen LogP contribution in [0, 0.1) is 0 Å². The molecule has 5 heterocycles. The number of nitrogen functional groups attached to an aromatic ring is 1. The molecule has 2 aliphatic rings. The predicted octanol–water partition coefficient (Wildman–Crippen LogP) is 1.44. The molecule has 11 heteroatoms. The van der Waals surface area contributed by atoms with Gasteiger partial charge in [0.25, 0.3) is 0 Å². The summed E-state index contributed by atoms with van der Waals surface area (Å²) in [6.07, 6.45) is 9.27. The van der Waals surface area contributed by atoms with E-state index in [-0.39, 0.29) is 5.95 Å². The number of hydrogen-bond donors (Lipinski definition) is 1. The van der Waals surface area contributed by atoms with E-state index in [0.717, 1.165) is 79.9 Å². The number of fused-ring (bicyclic) bond motifs is 1. The van der Waals surface area contributed by atoms with E-state index in [1.54, 1.807) is 12.4 Å². The van der Waals surface area contributed by atoms with Gasteiger partial charge in [-0.1, -0.05) is 0 Å². The van der Waals surface area contributed by atoms with Gasteiger partial charge in [-0.15, -0.1) is 0 Å². The Hall–Kier alpha value is -3.08. The number of ether oxygens (including phenoxy) is 1. The number of imidazole rings is 1. The van der Waals surface area contributed by atoms with Crippen LogP contribution < -0.4 is 10.6 Å². The second kappa shape index (κ2) is 9.42. The second-order valence-corrected chi connectivity index (χ2v) is 8.59. The topological polar surface area (TPSA) is 111 Å². The Morgan fingerprint density at radius 1 is 1.09 bits per heavy atom. The molecule has 0 atom stereocenters. The Morgan fingerprint density at radius 2 is 1.82 bits per heavy atom. The van der Waals surface area contributed by atoms with Gasteiger partial charge >= 0.3 is 177 Å². The van der Waals surface area contributed by atoms with Crippen LogP contribution in [0.25, 0.3) is 22.4 Å². The fourth-order valence-corrected chi connectivity index (χ4v) is 4.58. The Bertz CT molecular complexity index is 1120. The van der Waals surface area contributed by atoms with Gasteiger partial charge in [0.1, 0.15) is 0 Å². The van der Waals surface area contributed by atoms with E-state index < -0.39 is 0 Å². The molecule has 0 bridgehead atoms. The van der Waals surface area contributed by atoms with Gasteiger partial charge in [-0.25, -0.2) is 0 Å². The quantitative estimate of drug-likeness (QED) is 0.562. The van der Waals surface area contributed by atoms with E-state index in [0.29, 0.717) is 25.2 Å². The van der Waals surface area contributed by atoms with Gasteiger partial charge < -0.3 is 10.5 Å². The van der Waals surface area contributed by atoms with Gasteiger partial charge in [0.05, 0.1) is 0 Å². The van der Waals surface area contributed by atoms with Gasteiger partial charge in [-0.05, 0) is 0 Å². The zero-order valence-corrected chi connectivity index (χ0v) is 19.0. The van der Waals surface area contributed by atoms with Crippen molar-refractivity contribution >= 4 is 36.1 Å². The van der Waals surface area contributed by atoms with Gasteiger partial charge in [-0.3, -0.25) is 0 Å². The van der Waals surface area contributed by atoms with Gasteiger partial charge in [-0.2, -0.15) is 0 Å². The van der Waals surface area contributed by atoms with Crippen molar-refractivity contribution in [1.29, 1.82) is 0 Å². The van der Waals surface area contributed by atoms with Crippen molar-refractivity contribution in [3.05, 3.63) is 18.7 Å². The Labute approximate surface area is 194 Å². The van der Waals surface area contributed by atoms with Crippen LogP contribution in [0.1, 0.15) is 38.6 Å². The molecule has 171 valence electrons. The molecular weight excluding hydrogens is 417 g/mol. The molecule has 0 unspecified atom stereocenters. The van der Waals surface area contributed by atoms with E-state index in [2.05, 4.69) is 31.3 Å². The number of likely N-dealkylation sites (tertiary alicyclic amines) is 1. The normalized spacial score (nSPS) is 17.6. The summed E-state index contributed by atoms with van der Waals surface area (Å²) < 4.78 is 7.73. The van der Waals surface area contributed by atoms with Gasteiger partial charge in [0.2, 0.25) is 5.95 Å². The number of morpholine rings is 1. The summed E-state index contributed by atoms with van der Waals surface area (Å²) in [5.74, 6) is 0.909. The van der Waals surface area contributed by atoms with Crippen LogP contribution in [0.15, 0.2) is 18.7 Å². The fraction of sp³-hybridized carbons (Fsp3) is 0.545. The van der Waals surface area contributed by atoms with Crippen molar-refractivity contribution < 1.29 is 4.74 Å². The van der Waals surface area contributed by atoms with Gasteiger partial charge in [0.15, 0.2) is 0 Å². The van der Waals surface area contributed by atoms with Crippen LogP contribution in [0.5, 0.6) is 0 Å². The van der Waals surface area contributed by atoms with Crippen molar-refractivity contribution in [2.75, 3.05) is 50.0 Å². The van der Waals surface area contributed by atoms with E-state index in [1.165, 1.54) is 0 Å². The SMILES string of the molecule is [B]=C(CCC)N1CCC(n2cnc3c(-c4cnc(N)nc4)nc(N4CCOCC4)nc32)CC1. The van der Waals surface area contributed by atoms with Gasteiger partial charge in [0, 0.05) is 0 Å². The number of rotatable bonds is 6. The van der Waals surface area contributed by atoms with Crippen LogP contribution in [0.3, 0.4) is 0 Å². The molecule has 0 aliphatic carbocycles. The molecule has 2 fully saturated rings. The fourth-order valence-electron chi connectivity index (χ4n) is 4.58. The number of anilines is 2. The molecule has 2 saturated heterocycles. The molecule has 1 radical (unpaired) electrons. The number of piperidine rings is 1. The van der Waals surface area contributed by atoms with E-state index >= 15 is 0 Å². The third-order valence-corrected chi connectivity index (χ3v) is 6.42. The van der Waals surface area contributed by atoms with Crippen molar-refractivity contribution in [1.82, 2.24) is 34.4 Å². The monoisotopic (exact) mass is 446 g/mol. The number of aromatic nitrogens is 6. The first-order valence-electron chi connectivity index (χ1n) is 11.7. The van der Waals surface area contributed by atoms with Crippen molar-refractivity contribution in [2.45, 2.75) is 38.6 Å². The summed E-state index contributed by atoms with van der Waals surface area (Å²) in [7, 11) is 6.28. The first-order valence-corrected chi connectivity index (χ1v) is 11.7. The molecule has 2 aliphatic heterocycles. The Morgan fingerprint density at radius 3 is 2.52 bits per heavy atom. The minimum absolute atomic E-state index is 0.230. The van der Waals surface area contributed by atoms with Crippen molar-refractivity contribution in [3.8, 4) is 11.3 Å². The van der Waals surface area contributed by atoms with E-state index in [9.17, 15) is 0 Å². The molecule has 33 heavy (non-hydrogen) atoms. The Kier molecular flexibility index (Phi) is 6.21. The second-order valence-electron chi connectivity index (χ2n) is 8.59. The molecule has 5 rings (SSSR count). The molecule has 2 N–H and O–H groups in total. The molecule has 3 aromatic heterocycles. The van der Waals surface area contributed by atoms with E-state index in [4.69, 9.17) is 32.9 Å². The molecular formula is C22H29BN9O. The molecule has 0 amide bonds. The average Bonchev–Trinajstić information content (AvgIpc) is 3.29. The van der Waals surface area contributed by atoms with Crippen LogP contribution in [0.2, 0.25) is 0 Å². The summed E-state index contributed by atoms with van der Waals surface area (Å²) in [6, 6.07) is 0.309. The van der Waals surface area contributed by atoms with Crippen molar-refractivity contribution in [3.63, 3.8) is 0 Å². The summed E-state index contributed by atoms with van der Waals surface area (Å²) in [5, 5.41) is 0. The number of hydrogen-bond acceptors (Lipinski definition) is 9. The molecule has 3 aromatic rings. The Balaban J connectivity index is 1.51. The first kappa shape index (κ1) is 21.8. The first-order chi connectivity index (χ1) is 16.1. The zero-order valence-electron chi connectivity index (χ0n) is 19.0. The molecule has 10 nitrogen and oxygen atoms in total. The van der Waals surface area contributed by atoms with Crippen molar-refractivity contribution in [2.24, 2.45) is 0 Å². The van der Waals surface area contributed by atoms with Crippen LogP contribution >= 0.6 is 0 Å². The number of nitrogens with zero attached hydrogens (tertiary/aromatic N) is 8. The predicted molar refractivity (Wildman–Crippen MR) is 129 cm³/mol. The summed E-state index contributed by atoms with van der Waals surface area (Å²) in [4.78, 5) is 27.4. The maximum absolute atomic E-state index is 6.28. The maximum atomic E-state index is 6.28. The third kappa shape index (κ3) is 4.41. The molecule has 0 spiro atoms. The third-order valence-electron chi connectivity index (χ3n) is 6.42. The summed E-state index contributed by atoms with van der Waals surface area (Å²) in [5.41, 5.74) is 9.78. The standard InChI is InChI=1S/C22H29BN9O/c1-2-3-17(23)30-6-4-16(5-7-30)32-14-27-19-18(15-12-25-21(24)26-13-15)28-22(29-20(19)32)31-8-10-33-11-9-31/h12-14,16H,2-11H2,1H3,(H2,24,25,26). The minimum atomic E-state index is 0.230.